The Kier molecular flexibility index (Phi) is 15.0. The van der Waals surface area contributed by atoms with Crippen molar-refractivity contribution < 1.29 is 19.4 Å². The summed E-state index contributed by atoms with van der Waals surface area (Å²) in [7, 11) is 0. The molecular formula is C25H42O4. The van der Waals surface area contributed by atoms with Crippen LogP contribution in [0.15, 0.2) is 24.3 Å². The fraction of sp³-hybridized carbons (Fsp3) is 0.720. The number of unbranched alkanes of at least 4 members (excludes halogenated alkanes) is 13. The molecule has 0 saturated heterocycles. The fourth-order valence-electron chi connectivity index (χ4n) is 3.40. The zero-order valence-corrected chi connectivity index (χ0v) is 18.7. The van der Waals surface area contributed by atoms with Gasteiger partial charge in [-0.25, -0.2) is 4.79 Å². The number of phenolic OH excluding ortho intramolecular Hbond substituents is 1. The van der Waals surface area contributed by atoms with Crippen molar-refractivity contribution in [3.63, 3.8) is 0 Å². The highest BCUT2D eigenvalue weighted by molar-refractivity contribution is 5.74. The Morgan fingerprint density at radius 3 is 1.90 bits per heavy atom. The molecule has 1 N–H and O–H groups in total. The van der Waals surface area contributed by atoms with E-state index < -0.39 is 6.10 Å². The maximum absolute atomic E-state index is 12.0. The summed E-state index contributed by atoms with van der Waals surface area (Å²) in [5.41, 5.74) is 0. The van der Waals surface area contributed by atoms with E-state index in [0.717, 1.165) is 12.8 Å². The topological polar surface area (TPSA) is 55.8 Å². The molecule has 0 saturated carbocycles. The fourth-order valence-corrected chi connectivity index (χ4v) is 3.40. The number of rotatable bonds is 18. The molecule has 1 unspecified atom stereocenters. The van der Waals surface area contributed by atoms with Crippen molar-refractivity contribution in [2.45, 2.75) is 110 Å². The lowest BCUT2D eigenvalue weighted by atomic mass is 10.0. The molecule has 0 fully saturated rings. The quantitative estimate of drug-likeness (QED) is 0.207. The van der Waals surface area contributed by atoms with Crippen LogP contribution >= 0.6 is 0 Å². The highest BCUT2D eigenvalue weighted by Crippen LogP contribution is 2.19. The Balaban J connectivity index is 1.88. The zero-order chi connectivity index (χ0) is 21.2. The van der Waals surface area contributed by atoms with Crippen molar-refractivity contribution in [2.24, 2.45) is 0 Å². The first-order valence-electron chi connectivity index (χ1n) is 11.8. The van der Waals surface area contributed by atoms with Crippen LogP contribution in [0.4, 0.5) is 0 Å². The van der Waals surface area contributed by atoms with Crippen LogP contribution in [0.3, 0.4) is 0 Å². The molecule has 0 aliphatic heterocycles. The van der Waals surface area contributed by atoms with Crippen molar-refractivity contribution in [1.29, 1.82) is 0 Å². The molecule has 0 aromatic heterocycles. The van der Waals surface area contributed by atoms with Crippen molar-refractivity contribution in [3.8, 4) is 11.5 Å². The molecule has 1 atom stereocenters. The summed E-state index contributed by atoms with van der Waals surface area (Å²) in [6, 6.07) is 6.43. The molecule has 1 rings (SSSR count). The SMILES string of the molecule is CCCCCCCCCCCCCCCCOC(=O)C(C)Oc1cccc(O)c1. The van der Waals surface area contributed by atoms with Gasteiger partial charge in [0.05, 0.1) is 6.61 Å². The van der Waals surface area contributed by atoms with Crippen molar-refractivity contribution in [1.82, 2.24) is 0 Å². The summed E-state index contributed by atoms with van der Waals surface area (Å²) in [6.07, 6.45) is 17.6. The summed E-state index contributed by atoms with van der Waals surface area (Å²) in [5, 5.41) is 9.42. The summed E-state index contributed by atoms with van der Waals surface area (Å²) >= 11 is 0. The lowest BCUT2D eigenvalue weighted by Gasteiger charge is -2.14. The number of benzene rings is 1. The second kappa shape index (κ2) is 17.2. The Morgan fingerprint density at radius 2 is 1.38 bits per heavy atom. The lowest BCUT2D eigenvalue weighted by molar-refractivity contribution is -0.151. The van der Waals surface area contributed by atoms with E-state index in [1.807, 2.05) is 0 Å². The van der Waals surface area contributed by atoms with Crippen LogP contribution in [0.2, 0.25) is 0 Å². The van der Waals surface area contributed by atoms with Gasteiger partial charge in [-0.15, -0.1) is 0 Å². The van der Waals surface area contributed by atoms with E-state index in [9.17, 15) is 9.90 Å². The van der Waals surface area contributed by atoms with Crippen molar-refractivity contribution >= 4 is 5.97 Å². The molecule has 0 spiro atoms. The molecule has 0 aliphatic carbocycles. The third-order valence-electron chi connectivity index (χ3n) is 5.20. The van der Waals surface area contributed by atoms with Gasteiger partial charge in [-0.3, -0.25) is 0 Å². The minimum atomic E-state index is -0.677. The Hall–Kier alpha value is -1.71. The minimum absolute atomic E-state index is 0.116. The number of hydrogen-bond acceptors (Lipinski definition) is 4. The zero-order valence-electron chi connectivity index (χ0n) is 18.7. The predicted molar refractivity (Wildman–Crippen MR) is 119 cm³/mol. The van der Waals surface area contributed by atoms with Gasteiger partial charge in [-0.2, -0.15) is 0 Å². The van der Waals surface area contributed by atoms with E-state index in [2.05, 4.69) is 6.92 Å². The first kappa shape index (κ1) is 25.3. The molecule has 1 aromatic rings. The van der Waals surface area contributed by atoms with Gasteiger partial charge < -0.3 is 14.6 Å². The number of phenols is 1. The molecule has 0 aliphatic rings. The number of ether oxygens (including phenoxy) is 2. The predicted octanol–water partition coefficient (Wildman–Crippen LogP) is 7.18. The Morgan fingerprint density at radius 1 is 0.862 bits per heavy atom. The Bertz CT molecular complexity index is 529. The monoisotopic (exact) mass is 406 g/mol. The smallest absolute Gasteiger partial charge is 0.347 e. The van der Waals surface area contributed by atoms with Gasteiger partial charge in [-0.05, 0) is 25.5 Å². The van der Waals surface area contributed by atoms with E-state index in [4.69, 9.17) is 9.47 Å². The highest BCUT2D eigenvalue weighted by Gasteiger charge is 2.16. The van der Waals surface area contributed by atoms with E-state index in [0.29, 0.717) is 12.4 Å². The van der Waals surface area contributed by atoms with Gasteiger partial charge >= 0.3 is 5.97 Å². The summed E-state index contributed by atoms with van der Waals surface area (Å²) in [4.78, 5) is 12.0. The van der Waals surface area contributed by atoms with Crippen LogP contribution in [0, 0.1) is 0 Å². The van der Waals surface area contributed by atoms with Crippen LogP contribution in [0.5, 0.6) is 11.5 Å². The van der Waals surface area contributed by atoms with Crippen molar-refractivity contribution in [2.75, 3.05) is 6.61 Å². The molecule has 4 nitrogen and oxygen atoms in total. The average molecular weight is 407 g/mol. The van der Waals surface area contributed by atoms with E-state index in [-0.39, 0.29) is 11.7 Å². The van der Waals surface area contributed by atoms with E-state index in [1.165, 1.54) is 83.1 Å². The number of aromatic hydroxyl groups is 1. The molecule has 4 heteroatoms. The van der Waals surface area contributed by atoms with Crippen LogP contribution in [0.25, 0.3) is 0 Å². The summed E-state index contributed by atoms with van der Waals surface area (Å²) in [6.45, 7) is 4.38. The van der Waals surface area contributed by atoms with Gasteiger partial charge in [0.2, 0.25) is 0 Å². The molecule has 0 amide bonds. The molecule has 166 valence electrons. The highest BCUT2D eigenvalue weighted by atomic mass is 16.6. The standard InChI is InChI=1S/C25H42O4/c1-3-4-5-6-7-8-9-10-11-12-13-14-15-16-20-28-25(27)22(2)29-24-19-17-18-23(26)21-24/h17-19,21-22,26H,3-16,20H2,1-2H3. The third kappa shape index (κ3) is 14.0. The third-order valence-corrected chi connectivity index (χ3v) is 5.20. The number of carbonyl (C=O) groups is 1. The molecule has 0 bridgehead atoms. The van der Waals surface area contributed by atoms with Crippen LogP contribution in [-0.4, -0.2) is 23.8 Å². The van der Waals surface area contributed by atoms with E-state index in [1.54, 1.807) is 25.1 Å². The van der Waals surface area contributed by atoms with Crippen LogP contribution in [0.1, 0.15) is 104 Å². The summed E-state index contributed by atoms with van der Waals surface area (Å²) < 4.78 is 10.8. The largest absolute Gasteiger partial charge is 0.508 e. The minimum Gasteiger partial charge on any atom is -0.508 e. The normalized spacial score (nSPS) is 11.9. The van der Waals surface area contributed by atoms with Crippen LogP contribution < -0.4 is 4.74 Å². The molecule has 29 heavy (non-hydrogen) atoms. The van der Waals surface area contributed by atoms with Gasteiger partial charge in [0.1, 0.15) is 11.5 Å². The van der Waals surface area contributed by atoms with Gasteiger partial charge in [0.15, 0.2) is 6.10 Å². The first-order chi connectivity index (χ1) is 14.1. The maximum Gasteiger partial charge on any atom is 0.347 e. The van der Waals surface area contributed by atoms with Gasteiger partial charge in [-0.1, -0.05) is 96.5 Å². The van der Waals surface area contributed by atoms with Gasteiger partial charge in [0.25, 0.3) is 0 Å². The second-order valence-corrected chi connectivity index (χ2v) is 8.02. The molecule has 0 radical (unpaired) electrons. The molecule has 0 heterocycles. The van der Waals surface area contributed by atoms with E-state index >= 15 is 0 Å². The Labute approximate surface area is 178 Å². The van der Waals surface area contributed by atoms with Crippen molar-refractivity contribution in [3.05, 3.63) is 24.3 Å². The first-order valence-corrected chi connectivity index (χ1v) is 11.8. The molecule has 1 aromatic carbocycles. The number of hydrogen-bond donors (Lipinski definition) is 1. The van der Waals surface area contributed by atoms with Gasteiger partial charge in [0, 0.05) is 6.07 Å². The average Bonchev–Trinajstić information content (AvgIpc) is 2.70. The number of carbonyl (C=O) groups excluding carboxylic acids is 1. The lowest BCUT2D eigenvalue weighted by Crippen LogP contribution is -2.26. The second-order valence-electron chi connectivity index (χ2n) is 8.02. The van der Waals surface area contributed by atoms with Crippen LogP contribution in [-0.2, 0) is 9.53 Å². The number of esters is 1. The summed E-state index contributed by atoms with van der Waals surface area (Å²) in [5.74, 6) is 0.222. The molecular weight excluding hydrogens is 364 g/mol. The maximum atomic E-state index is 12.0.